The van der Waals surface area contributed by atoms with Crippen molar-refractivity contribution in [2.75, 3.05) is 13.6 Å². The maximum atomic E-state index is 13.1. The van der Waals surface area contributed by atoms with Crippen molar-refractivity contribution in [2.24, 2.45) is 11.5 Å². The normalized spacial score (nSPS) is 21.1. The van der Waals surface area contributed by atoms with Gasteiger partial charge in [-0.05, 0) is 46.5 Å². The first-order valence-electron chi connectivity index (χ1n) is 11.2. The van der Waals surface area contributed by atoms with E-state index in [1.807, 2.05) is 0 Å². The van der Waals surface area contributed by atoms with Crippen LogP contribution in [-0.2, 0) is 27.2 Å². The van der Waals surface area contributed by atoms with Gasteiger partial charge in [0.15, 0.2) is 0 Å². The number of carbonyl (C=O) groups excluding carboxylic acids is 3. The third-order valence-electron chi connectivity index (χ3n) is 5.99. The van der Waals surface area contributed by atoms with Crippen molar-refractivity contribution >= 4 is 30.1 Å². The number of amides is 3. The van der Waals surface area contributed by atoms with Crippen LogP contribution in [0, 0.1) is 0 Å². The molecule has 0 radical (unpaired) electrons. The minimum Gasteiger partial charge on any atom is -0.508 e. The number of nitrogens with one attached hydrogen (secondary N) is 3. The number of benzene rings is 2. The number of phenolic OH excluding ortho intramolecular Hbond substituents is 2. The molecule has 0 spiro atoms. The summed E-state index contributed by atoms with van der Waals surface area (Å²) in [7, 11) is 1.41. The SMILES string of the molecule is CNC(=O)[C@H]1Cc2cc(ccc2O)-c2ccc(O)c(c2)C[C@H](N)C(=O)N[C@H](C[C@@H](O)CN)C(=O)N1.Cl. The van der Waals surface area contributed by atoms with E-state index in [0.29, 0.717) is 22.3 Å². The lowest BCUT2D eigenvalue weighted by Crippen LogP contribution is -2.57. The van der Waals surface area contributed by atoms with Crippen LogP contribution in [0.2, 0.25) is 0 Å². The Morgan fingerprint density at radius 3 is 2.11 bits per heavy atom. The summed E-state index contributed by atoms with van der Waals surface area (Å²) in [5.74, 6) is -2.02. The van der Waals surface area contributed by atoms with Crippen LogP contribution in [-0.4, -0.2) is 70.9 Å². The Labute approximate surface area is 214 Å². The number of aliphatic hydroxyl groups excluding tert-OH is 1. The summed E-state index contributed by atoms with van der Waals surface area (Å²) < 4.78 is 0. The Hall–Kier alpha value is -3.38. The van der Waals surface area contributed by atoms with Gasteiger partial charge in [-0.25, -0.2) is 0 Å². The van der Waals surface area contributed by atoms with Crippen LogP contribution in [0.3, 0.4) is 0 Å². The second kappa shape index (κ2) is 12.5. The molecule has 11 nitrogen and oxygen atoms in total. The van der Waals surface area contributed by atoms with E-state index in [1.54, 1.807) is 24.3 Å². The Morgan fingerprint density at radius 1 is 1.03 bits per heavy atom. The summed E-state index contributed by atoms with van der Waals surface area (Å²) in [4.78, 5) is 38.5. The van der Waals surface area contributed by atoms with Crippen LogP contribution in [0.5, 0.6) is 11.5 Å². The molecule has 1 aliphatic rings. The topological polar surface area (TPSA) is 200 Å². The molecule has 36 heavy (non-hydrogen) atoms. The lowest BCUT2D eigenvalue weighted by molar-refractivity contribution is -0.132. The van der Waals surface area contributed by atoms with E-state index in [9.17, 15) is 29.7 Å². The maximum Gasteiger partial charge on any atom is 0.243 e. The first-order chi connectivity index (χ1) is 16.6. The number of hydrogen-bond acceptors (Lipinski definition) is 8. The quantitative estimate of drug-likeness (QED) is 0.251. The van der Waals surface area contributed by atoms with Gasteiger partial charge in [-0.15, -0.1) is 12.4 Å². The number of aromatic hydroxyl groups is 2. The van der Waals surface area contributed by atoms with E-state index < -0.39 is 42.0 Å². The molecule has 0 saturated carbocycles. The van der Waals surface area contributed by atoms with Crippen molar-refractivity contribution in [3.63, 3.8) is 0 Å². The molecular formula is C24H32ClN5O6. The van der Waals surface area contributed by atoms with Crippen LogP contribution in [0.25, 0.3) is 11.1 Å². The second-order valence-electron chi connectivity index (χ2n) is 8.56. The van der Waals surface area contributed by atoms with Gasteiger partial charge in [-0.2, -0.15) is 0 Å². The molecule has 0 aromatic heterocycles. The standard InChI is InChI=1S/C24H31N5O6.ClH/c1-27-23(34)18-9-15-7-13(3-5-21(15)32)12-2-4-20(31)14(6-12)8-17(26)22(33)28-19(24(35)29-18)10-16(30)11-25;/h2-7,16-19,30-32H,8-11,25-26H2,1H3,(H,27,34)(H,28,33)(H,29,35);1H/t16-,17+,18-,19-;/m1./s1. The summed E-state index contributed by atoms with van der Waals surface area (Å²) >= 11 is 0. The average molecular weight is 522 g/mol. The number of likely N-dealkylation sites (N-methyl/N-ethyl adjacent to an activating group) is 1. The summed E-state index contributed by atoms with van der Waals surface area (Å²) in [6.07, 6.45) is -1.37. The Kier molecular flexibility index (Phi) is 10.1. The molecular weight excluding hydrogens is 490 g/mol. The number of nitrogens with two attached hydrogens (primary N) is 2. The van der Waals surface area contributed by atoms with Gasteiger partial charge in [0.2, 0.25) is 17.7 Å². The van der Waals surface area contributed by atoms with E-state index in [4.69, 9.17) is 11.5 Å². The van der Waals surface area contributed by atoms with Gasteiger partial charge in [-0.3, -0.25) is 14.4 Å². The highest BCUT2D eigenvalue weighted by molar-refractivity contribution is 5.93. The Bertz CT molecular complexity index is 1110. The Morgan fingerprint density at radius 2 is 1.58 bits per heavy atom. The van der Waals surface area contributed by atoms with E-state index >= 15 is 0 Å². The molecule has 1 aliphatic heterocycles. The van der Waals surface area contributed by atoms with E-state index in [2.05, 4.69) is 16.0 Å². The molecule has 3 rings (SSSR count). The van der Waals surface area contributed by atoms with Crippen molar-refractivity contribution in [3.8, 4) is 22.6 Å². The van der Waals surface area contributed by atoms with Crippen LogP contribution in [0.15, 0.2) is 36.4 Å². The Balaban J connectivity index is 0.00000456. The number of phenols is 2. The molecule has 0 saturated heterocycles. The third kappa shape index (κ3) is 6.85. The van der Waals surface area contributed by atoms with Gasteiger partial charge in [0, 0.05) is 32.9 Å². The van der Waals surface area contributed by atoms with Crippen LogP contribution >= 0.6 is 12.4 Å². The van der Waals surface area contributed by atoms with Crippen LogP contribution < -0.4 is 27.4 Å². The molecule has 2 aromatic rings. The second-order valence-corrected chi connectivity index (χ2v) is 8.56. The van der Waals surface area contributed by atoms with Gasteiger partial charge in [0.25, 0.3) is 0 Å². The monoisotopic (exact) mass is 521 g/mol. The molecule has 196 valence electrons. The number of fused-ring (bicyclic) bond motifs is 5. The average Bonchev–Trinajstić information content (AvgIpc) is 2.84. The highest BCUT2D eigenvalue weighted by atomic mass is 35.5. The fraction of sp³-hybridized carbons (Fsp3) is 0.375. The highest BCUT2D eigenvalue weighted by Crippen LogP contribution is 2.30. The smallest absolute Gasteiger partial charge is 0.243 e. The molecule has 4 bridgehead atoms. The molecule has 3 amide bonds. The predicted octanol–water partition coefficient (Wildman–Crippen LogP) is -0.962. The number of hydrogen-bond donors (Lipinski definition) is 8. The number of aliphatic hydroxyl groups is 1. The maximum absolute atomic E-state index is 13.1. The predicted molar refractivity (Wildman–Crippen MR) is 135 cm³/mol. The van der Waals surface area contributed by atoms with Gasteiger partial charge in [0.1, 0.15) is 23.6 Å². The van der Waals surface area contributed by atoms with Gasteiger partial charge >= 0.3 is 0 Å². The molecule has 2 aromatic carbocycles. The van der Waals surface area contributed by atoms with E-state index in [-0.39, 0.29) is 49.7 Å². The van der Waals surface area contributed by atoms with Crippen molar-refractivity contribution < 1.29 is 29.7 Å². The number of carbonyl (C=O) groups is 3. The van der Waals surface area contributed by atoms with Crippen molar-refractivity contribution in [3.05, 3.63) is 47.5 Å². The largest absolute Gasteiger partial charge is 0.508 e. The summed E-state index contributed by atoms with van der Waals surface area (Å²) in [6.45, 7) is -0.147. The first-order valence-corrected chi connectivity index (χ1v) is 11.2. The lowest BCUT2D eigenvalue weighted by Gasteiger charge is -2.25. The minimum atomic E-state index is -1.23. The van der Waals surface area contributed by atoms with Gasteiger partial charge in [-0.1, -0.05) is 12.1 Å². The third-order valence-corrected chi connectivity index (χ3v) is 5.99. The molecule has 0 fully saturated rings. The molecule has 0 aliphatic carbocycles. The zero-order valence-corrected chi connectivity index (χ0v) is 20.5. The van der Waals surface area contributed by atoms with Crippen LogP contribution in [0.1, 0.15) is 17.5 Å². The summed E-state index contributed by atoms with van der Waals surface area (Å²) in [5.41, 5.74) is 13.8. The number of rotatable bonds is 4. The van der Waals surface area contributed by atoms with Crippen LogP contribution in [0.4, 0.5) is 0 Å². The van der Waals surface area contributed by atoms with Gasteiger partial charge < -0.3 is 42.7 Å². The fourth-order valence-corrected chi connectivity index (χ4v) is 3.94. The number of halogens is 1. The zero-order chi connectivity index (χ0) is 25.7. The molecule has 4 atom stereocenters. The fourth-order valence-electron chi connectivity index (χ4n) is 3.94. The van der Waals surface area contributed by atoms with Crippen molar-refractivity contribution in [2.45, 2.75) is 43.5 Å². The van der Waals surface area contributed by atoms with Crippen molar-refractivity contribution in [1.29, 1.82) is 0 Å². The molecule has 12 heteroatoms. The van der Waals surface area contributed by atoms with E-state index in [1.165, 1.54) is 19.2 Å². The van der Waals surface area contributed by atoms with Gasteiger partial charge in [0.05, 0.1) is 12.1 Å². The molecule has 10 N–H and O–H groups in total. The summed E-state index contributed by atoms with van der Waals surface area (Å²) in [5, 5.41) is 38.4. The van der Waals surface area contributed by atoms with E-state index in [0.717, 1.165) is 0 Å². The molecule has 1 heterocycles. The highest BCUT2D eigenvalue weighted by Gasteiger charge is 2.30. The zero-order valence-electron chi connectivity index (χ0n) is 19.7. The lowest BCUT2D eigenvalue weighted by atomic mass is 9.95. The van der Waals surface area contributed by atoms with Crippen molar-refractivity contribution in [1.82, 2.24) is 16.0 Å². The summed E-state index contributed by atoms with van der Waals surface area (Å²) in [6, 6.07) is 6.27. The first kappa shape index (κ1) is 28.9. The molecule has 0 unspecified atom stereocenters. The minimum absolute atomic E-state index is 0.